The molecule has 0 fully saturated rings. The van der Waals surface area contributed by atoms with Crippen molar-refractivity contribution in [2.24, 2.45) is 0 Å². The zero-order valence-electron chi connectivity index (χ0n) is 28.4. The number of benzene rings is 5. The number of carbonyl (C=O) groups is 3. The molecule has 0 aliphatic carbocycles. The van der Waals surface area contributed by atoms with E-state index in [0.717, 1.165) is 16.0 Å². The fraction of sp³-hybridized carbons (Fsp3) is 0.146. The van der Waals surface area contributed by atoms with E-state index in [1.807, 2.05) is 80.6 Å². The van der Waals surface area contributed by atoms with Crippen LogP contribution in [0.1, 0.15) is 40.4 Å². The highest BCUT2D eigenvalue weighted by atomic mass is 35.5. The number of rotatable bonds is 14. The smallest absolute Gasteiger partial charge is 0.272 e. The summed E-state index contributed by atoms with van der Waals surface area (Å²) < 4.78 is 11.3. The van der Waals surface area contributed by atoms with Gasteiger partial charge in [0, 0.05) is 27.2 Å². The van der Waals surface area contributed by atoms with Crippen molar-refractivity contribution < 1.29 is 23.9 Å². The number of halogens is 1. The Hall–Kier alpha value is -5.51. The highest BCUT2D eigenvalue weighted by Gasteiger charge is 2.21. The Morgan fingerprint density at radius 3 is 2.24 bits per heavy atom. The van der Waals surface area contributed by atoms with Crippen LogP contribution in [0.3, 0.4) is 0 Å². The maximum absolute atomic E-state index is 13.7. The van der Waals surface area contributed by atoms with E-state index >= 15 is 0 Å². The minimum absolute atomic E-state index is 0.0536. The maximum atomic E-state index is 13.7. The number of hydrogen-bond donors (Lipinski definition) is 3. The van der Waals surface area contributed by atoms with Crippen molar-refractivity contribution in [3.8, 4) is 11.5 Å². The Kier molecular flexibility index (Phi) is 12.9. The lowest BCUT2D eigenvalue weighted by molar-refractivity contribution is -0.116. The Bertz CT molecular complexity index is 2000. The van der Waals surface area contributed by atoms with Gasteiger partial charge in [0.15, 0.2) is 0 Å². The molecule has 1 atom stereocenters. The highest BCUT2D eigenvalue weighted by Crippen LogP contribution is 2.33. The lowest BCUT2D eigenvalue weighted by Crippen LogP contribution is -2.30. The third kappa shape index (κ3) is 10.5. The molecule has 5 aromatic rings. The van der Waals surface area contributed by atoms with Crippen LogP contribution in [0.25, 0.3) is 6.08 Å². The molecule has 0 radical (unpaired) electrons. The molecule has 8 nitrogen and oxygen atoms in total. The molecule has 5 aromatic carbocycles. The van der Waals surface area contributed by atoms with Crippen molar-refractivity contribution in [1.29, 1.82) is 0 Å². The van der Waals surface area contributed by atoms with Gasteiger partial charge in [0.1, 0.15) is 23.8 Å². The molecular formula is C41H38ClN3O5S. The monoisotopic (exact) mass is 719 g/mol. The van der Waals surface area contributed by atoms with E-state index in [1.54, 1.807) is 60.7 Å². The summed E-state index contributed by atoms with van der Waals surface area (Å²) >= 11 is 7.61. The van der Waals surface area contributed by atoms with Gasteiger partial charge in [0.05, 0.1) is 18.0 Å². The SMILES string of the molecule is CCC(Sc1cccc(NC(=O)/C(=C\c2ccc(OCc3ccccc3)cc2)NC(=O)c2ccccc2)c1)C(=O)Nc1cc(C)c(Cl)cc1OC. The molecule has 1 unspecified atom stereocenters. The second-order valence-electron chi connectivity index (χ2n) is 11.5. The summed E-state index contributed by atoms with van der Waals surface area (Å²) in [6, 6.07) is 36.5. The van der Waals surface area contributed by atoms with E-state index in [-0.39, 0.29) is 11.6 Å². The van der Waals surface area contributed by atoms with Crippen molar-refractivity contribution in [1.82, 2.24) is 5.32 Å². The molecule has 3 N–H and O–H groups in total. The minimum atomic E-state index is -0.513. The number of hydrogen-bond acceptors (Lipinski definition) is 6. The van der Waals surface area contributed by atoms with Crippen LogP contribution in [0.5, 0.6) is 11.5 Å². The largest absolute Gasteiger partial charge is 0.495 e. The number of amides is 3. The second-order valence-corrected chi connectivity index (χ2v) is 13.2. The predicted molar refractivity (Wildman–Crippen MR) is 205 cm³/mol. The Labute approximate surface area is 307 Å². The maximum Gasteiger partial charge on any atom is 0.272 e. The summed E-state index contributed by atoms with van der Waals surface area (Å²) in [4.78, 5) is 41.0. The summed E-state index contributed by atoms with van der Waals surface area (Å²) in [5.41, 5.74) is 4.06. The highest BCUT2D eigenvalue weighted by molar-refractivity contribution is 8.00. The van der Waals surface area contributed by atoms with Gasteiger partial charge in [-0.15, -0.1) is 11.8 Å². The van der Waals surface area contributed by atoms with Gasteiger partial charge < -0.3 is 25.4 Å². The van der Waals surface area contributed by atoms with E-state index in [1.165, 1.54) is 18.9 Å². The molecule has 260 valence electrons. The van der Waals surface area contributed by atoms with Gasteiger partial charge in [-0.2, -0.15) is 0 Å². The van der Waals surface area contributed by atoms with Crippen LogP contribution in [0, 0.1) is 6.92 Å². The van der Waals surface area contributed by atoms with Crippen LogP contribution in [-0.2, 0) is 16.2 Å². The normalized spacial score (nSPS) is 11.6. The molecule has 0 aromatic heterocycles. The van der Waals surface area contributed by atoms with Gasteiger partial charge in [0.25, 0.3) is 11.8 Å². The van der Waals surface area contributed by atoms with E-state index in [4.69, 9.17) is 21.1 Å². The summed E-state index contributed by atoms with van der Waals surface area (Å²) in [5, 5.41) is 8.76. The minimum Gasteiger partial charge on any atom is -0.495 e. The molecule has 0 saturated heterocycles. The first-order valence-corrected chi connectivity index (χ1v) is 17.6. The number of carbonyl (C=O) groups excluding carboxylic acids is 3. The molecule has 3 amide bonds. The molecule has 5 rings (SSSR count). The van der Waals surface area contributed by atoms with Gasteiger partial charge in [0.2, 0.25) is 5.91 Å². The van der Waals surface area contributed by atoms with Crippen LogP contribution < -0.4 is 25.4 Å². The third-order valence-electron chi connectivity index (χ3n) is 7.74. The van der Waals surface area contributed by atoms with E-state index in [0.29, 0.717) is 52.1 Å². The summed E-state index contributed by atoms with van der Waals surface area (Å²) in [5.74, 6) is 0.0155. The average molecular weight is 720 g/mol. The molecule has 0 aliphatic rings. The van der Waals surface area contributed by atoms with E-state index < -0.39 is 17.1 Å². The first kappa shape index (κ1) is 36.8. The molecule has 0 bridgehead atoms. The Morgan fingerprint density at radius 2 is 1.55 bits per heavy atom. The number of nitrogens with one attached hydrogen (secondary N) is 3. The Morgan fingerprint density at radius 1 is 0.843 bits per heavy atom. The van der Waals surface area contributed by atoms with Crippen molar-refractivity contribution >= 4 is 58.5 Å². The van der Waals surface area contributed by atoms with Gasteiger partial charge in [-0.25, -0.2) is 0 Å². The molecule has 51 heavy (non-hydrogen) atoms. The molecule has 0 saturated carbocycles. The molecule has 0 heterocycles. The zero-order valence-corrected chi connectivity index (χ0v) is 30.0. The molecular weight excluding hydrogens is 682 g/mol. The lowest BCUT2D eigenvalue weighted by Gasteiger charge is -2.18. The fourth-order valence-electron chi connectivity index (χ4n) is 4.99. The predicted octanol–water partition coefficient (Wildman–Crippen LogP) is 9.16. The van der Waals surface area contributed by atoms with Gasteiger partial charge in [-0.05, 0) is 84.6 Å². The quantitative estimate of drug-likeness (QED) is 0.0781. The van der Waals surface area contributed by atoms with Crippen molar-refractivity contribution in [2.75, 3.05) is 17.7 Å². The summed E-state index contributed by atoms with van der Waals surface area (Å²) in [6.45, 7) is 4.21. The topological polar surface area (TPSA) is 106 Å². The number of anilines is 2. The summed E-state index contributed by atoms with van der Waals surface area (Å²) in [7, 11) is 1.52. The van der Waals surface area contributed by atoms with Crippen molar-refractivity contribution in [3.63, 3.8) is 0 Å². The Balaban J connectivity index is 1.30. The number of thioether (sulfide) groups is 1. The zero-order chi connectivity index (χ0) is 36.2. The van der Waals surface area contributed by atoms with E-state index in [9.17, 15) is 14.4 Å². The van der Waals surface area contributed by atoms with Crippen LogP contribution in [0.15, 0.2) is 132 Å². The third-order valence-corrected chi connectivity index (χ3v) is 9.51. The van der Waals surface area contributed by atoms with Gasteiger partial charge in [-0.1, -0.05) is 85.3 Å². The fourth-order valence-corrected chi connectivity index (χ4v) is 6.15. The first-order valence-electron chi connectivity index (χ1n) is 16.3. The van der Waals surface area contributed by atoms with E-state index in [2.05, 4.69) is 16.0 Å². The lowest BCUT2D eigenvalue weighted by atomic mass is 10.1. The van der Waals surface area contributed by atoms with Gasteiger partial charge in [-0.3, -0.25) is 14.4 Å². The standard InChI is InChI=1S/C41H38ClN3O5S/c1-4-38(41(48)44-35-22-27(2)34(42)25-37(35)49-3)51-33-17-11-16-31(24-33)43-40(47)36(45-39(46)30-14-9-6-10-15-30)23-28-18-20-32(21-19-28)50-26-29-12-7-5-8-13-29/h5-25,38H,4,26H2,1-3H3,(H,43,47)(H,44,48)(H,45,46)/b36-23+. The first-order chi connectivity index (χ1) is 24.7. The van der Waals surface area contributed by atoms with Crippen LogP contribution in [0.4, 0.5) is 11.4 Å². The van der Waals surface area contributed by atoms with Crippen LogP contribution in [0.2, 0.25) is 5.02 Å². The number of aryl methyl sites for hydroxylation is 1. The van der Waals surface area contributed by atoms with Crippen molar-refractivity contribution in [3.05, 3.63) is 154 Å². The molecule has 0 spiro atoms. The number of methoxy groups -OCH3 is 1. The second kappa shape index (κ2) is 17.9. The molecule has 0 aliphatic heterocycles. The van der Waals surface area contributed by atoms with Gasteiger partial charge >= 0.3 is 0 Å². The average Bonchev–Trinajstić information content (AvgIpc) is 3.15. The van der Waals surface area contributed by atoms with Crippen molar-refractivity contribution in [2.45, 2.75) is 37.0 Å². The number of ether oxygens (including phenoxy) is 2. The summed E-state index contributed by atoms with van der Waals surface area (Å²) in [6.07, 6.45) is 2.16. The van der Waals surface area contributed by atoms with Crippen LogP contribution in [-0.4, -0.2) is 30.1 Å². The van der Waals surface area contributed by atoms with Crippen LogP contribution >= 0.6 is 23.4 Å². The molecule has 10 heteroatoms.